The molecule has 3 aromatic rings. The van der Waals surface area contributed by atoms with Crippen LogP contribution in [0.25, 0.3) is 11.3 Å². The first-order valence-electron chi connectivity index (χ1n) is 10.9. The maximum Gasteiger partial charge on any atom is 0.251 e. The van der Waals surface area contributed by atoms with Gasteiger partial charge in [0.2, 0.25) is 0 Å². The summed E-state index contributed by atoms with van der Waals surface area (Å²) in [5.41, 5.74) is 3.73. The summed E-state index contributed by atoms with van der Waals surface area (Å²) < 4.78 is 39.4. The highest BCUT2D eigenvalue weighted by atomic mass is 32.2. The Kier molecular flexibility index (Phi) is 5.36. The van der Waals surface area contributed by atoms with E-state index >= 15 is 0 Å². The fourth-order valence-corrected chi connectivity index (χ4v) is 5.15. The monoisotopic (exact) mass is 466 g/mol. The third-order valence-electron chi connectivity index (χ3n) is 6.26. The van der Waals surface area contributed by atoms with Gasteiger partial charge in [0, 0.05) is 29.8 Å². The summed E-state index contributed by atoms with van der Waals surface area (Å²) in [6.45, 7) is 1.75. The number of rotatable bonds is 6. The van der Waals surface area contributed by atoms with E-state index in [4.69, 9.17) is 0 Å². The third-order valence-corrected chi connectivity index (χ3v) is 7.88. The first kappa shape index (κ1) is 21.5. The molecule has 1 amide bonds. The maximum atomic E-state index is 13.4. The number of benzene rings is 1. The second-order valence-corrected chi connectivity index (χ2v) is 10.6. The predicted molar refractivity (Wildman–Crippen MR) is 121 cm³/mol. The number of carbonyl (C=O) groups is 1. The molecule has 5 rings (SSSR count). The summed E-state index contributed by atoms with van der Waals surface area (Å²) in [6, 6.07) is 9.34. The van der Waals surface area contributed by atoms with Gasteiger partial charge in [-0.3, -0.25) is 4.79 Å². The number of hydrogen-bond acceptors (Lipinski definition) is 5. The second kappa shape index (κ2) is 8.22. The average Bonchev–Trinajstić information content (AvgIpc) is 3.49. The highest BCUT2D eigenvalue weighted by Gasteiger charge is 2.44. The molecule has 0 saturated heterocycles. The van der Waals surface area contributed by atoms with E-state index in [9.17, 15) is 17.6 Å². The van der Waals surface area contributed by atoms with Crippen LogP contribution in [-0.4, -0.2) is 34.8 Å². The van der Waals surface area contributed by atoms with Gasteiger partial charge in [-0.05, 0) is 60.7 Å². The third kappa shape index (κ3) is 4.08. The largest absolute Gasteiger partial charge is 0.348 e. The SMILES string of the molecule is CCS(=O)(=O)c1cc(CNC(=O)C2=CCC3CC3c3c2cnn3-c2ccc(F)cc2)ccn1. The number of pyridine rings is 1. The average molecular weight is 467 g/mol. The number of carbonyl (C=O) groups excluding carboxylic acids is 1. The molecule has 2 aliphatic carbocycles. The molecule has 2 atom stereocenters. The molecule has 7 nitrogen and oxygen atoms in total. The Balaban J connectivity index is 1.39. The molecule has 1 fully saturated rings. The summed E-state index contributed by atoms with van der Waals surface area (Å²) in [4.78, 5) is 17.1. The van der Waals surface area contributed by atoms with Gasteiger partial charge in [-0.1, -0.05) is 13.0 Å². The molecule has 33 heavy (non-hydrogen) atoms. The Morgan fingerprint density at radius 1 is 1.24 bits per heavy atom. The molecule has 0 spiro atoms. The predicted octanol–water partition coefficient (Wildman–Crippen LogP) is 3.41. The van der Waals surface area contributed by atoms with Crippen LogP contribution in [0.4, 0.5) is 4.39 Å². The van der Waals surface area contributed by atoms with Crippen molar-refractivity contribution < 1.29 is 17.6 Å². The number of sulfone groups is 1. The van der Waals surface area contributed by atoms with Gasteiger partial charge in [0.25, 0.3) is 5.91 Å². The number of halogens is 1. The molecular weight excluding hydrogens is 443 g/mol. The lowest BCUT2D eigenvalue weighted by atomic mass is 10.0. The number of nitrogens with zero attached hydrogens (tertiary/aromatic N) is 3. The van der Waals surface area contributed by atoms with Crippen molar-refractivity contribution in [2.75, 3.05) is 5.75 Å². The van der Waals surface area contributed by atoms with Crippen molar-refractivity contribution in [2.45, 2.75) is 37.3 Å². The molecule has 2 unspecified atom stereocenters. The number of nitrogens with one attached hydrogen (secondary N) is 1. The molecule has 2 aliphatic rings. The summed E-state index contributed by atoms with van der Waals surface area (Å²) in [5.74, 6) is 0.189. The van der Waals surface area contributed by atoms with Crippen LogP contribution in [0.3, 0.4) is 0 Å². The lowest BCUT2D eigenvalue weighted by Crippen LogP contribution is -2.24. The normalized spacial score (nSPS) is 19.2. The van der Waals surface area contributed by atoms with Crippen LogP contribution >= 0.6 is 0 Å². The highest BCUT2D eigenvalue weighted by molar-refractivity contribution is 7.91. The zero-order valence-electron chi connectivity index (χ0n) is 18.0. The van der Waals surface area contributed by atoms with E-state index in [0.29, 0.717) is 23.0 Å². The Bertz CT molecular complexity index is 1360. The Labute approximate surface area is 191 Å². The van der Waals surface area contributed by atoms with Gasteiger partial charge < -0.3 is 5.32 Å². The van der Waals surface area contributed by atoms with Gasteiger partial charge in [0.15, 0.2) is 14.9 Å². The van der Waals surface area contributed by atoms with Crippen LogP contribution in [0, 0.1) is 11.7 Å². The summed E-state index contributed by atoms with van der Waals surface area (Å²) in [7, 11) is -3.42. The Morgan fingerprint density at radius 2 is 2.03 bits per heavy atom. The maximum absolute atomic E-state index is 13.4. The Hall–Kier alpha value is -3.33. The van der Waals surface area contributed by atoms with Crippen LogP contribution in [-0.2, 0) is 21.2 Å². The lowest BCUT2D eigenvalue weighted by molar-refractivity contribution is -0.115. The minimum Gasteiger partial charge on any atom is -0.348 e. The molecule has 1 N–H and O–H groups in total. The molecule has 170 valence electrons. The van der Waals surface area contributed by atoms with E-state index in [-0.39, 0.29) is 29.0 Å². The first-order chi connectivity index (χ1) is 15.9. The smallest absolute Gasteiger partial charge is 0.251 e. The van der Waals surface area contributed by atoms with Gasteiger partial charge in [0.1, 0.15) is 5.82 Å². The van der Waals surface area contributed by atoms with E-state index in [1.807, 2.05) is 6.08 Å². The highest BCUT2D eigenvalue weighted by Crippen LogP contribution is 2.54. The minimum absolute atomic E-state index is 0.00776. The number of aromatic nitrogens is 3. The van der Waals surface area contributed by atoms with Gasteiger partial charge in [-0.15, -0.1) is 0 Å². The zero-order valence-corrected chi connectivity index (χ0v) is 18.8. The van der Waals surface area contributed by atoms with Crippen molar-refractivity contribution >= 4 is 21.3 Å². The van der Waals surface area contributed by atoms with Crippen molar-refractivity contribution in [3.63, 3.8) is 0 Å². The van der Waals surface area contributed by atoms with E-state index < -0.39 is 9.84 Å². The number of fused-ring (bicyclic) bond motifs is 3. The van der Waals surface area contributed by atoms with Crippen molar-refractivity contribution in [1.29, 1.82) is 0 Å². The van der Waals surface area contributed by atoms with E-state index in [1.165, 1.54) is 24.4 Å². The second-order valence-electron chi connectivity index (χ2n) is 8.38. The molecule has 2 heterocycles. The van der Waals surface area contributed by atoms with Crippen molar-refractivity contribution in [2.24, 2.45) is 5.92 Å². The summed E-state index contributed by atoms with van der Waals surface area (Å²) >= 11 is 0. The molecular formula is C24H23FN4O3S. The molecule has 1 saturated carbocycles. The lowest BCUT2D eigenvalue weighted by Gasteiger charge is -2.11. The molecule has 1 aromatic carbocycles. The van der Waals surface area contributed by atoms with Gasteiger partial charge in [-0.25, -0.2) is 22.5 Å². The Morgan fingerprint density at radius 3 is 2.79 bits per heavy atom. The number of hydrogen-bond donors (Lipinski definition) is 1. The topological polar surface area (TPSA) is 94.0 Å². The van der Waals surface area contributed by atoms with Crippen LogP contribution < -0.4 is 5.32 Å². The van der Waals surface area contributed by atoms with Crippen molar-refractivity contribution in [1.82, 2.24) is 20.1 Å². The molecule has 0 radical (unpaired) electrons. The summed E-state index contributed by atoms with van der Waals surface area (Å²) in [5, 5.41) is 7.43. The van der Waals surface area contributed by atoms with Crippen LogP contribution in [0.1, 0.15) is 42.5 Å². The first-order valence-corrected chi connectivity index (χ1v) is 12.5. The fourth-order valence-electron chi connectivity index (χ4n) is 4.30. The molecule has 0 bridgehead atoms. The van der Waals surface area contributed by atoms with E-state index in [1.54, 1.807) is 36.0 Å². The van der Waals surface area contributed by atoms with Crippen LogP contribution in [0.15, 0.2) is 59.9 Å². The molecule has 2 aromatic heterocycles. The zero-order chi connectivity index (χ0) is 23.2. The fraction of sp³-hybridized carbons (Fsp3) is 0.292. The van der Waals surface area contributed by atoms with Crippen LogP contribution in [0.5, 0.6) is 0 Å². The summed E-state index contributed by atoms with van der Waals surface area (Å²) in [6.07, 6.45) is 6.94. The van der Waals surface area contributed by atoms with Crippen LogP contribution in [0.2, 0.25) is 0 Å². The molecule has 9 heteroatoms. The minimum atomic E-state index is -3.42. The van der Waals surface area contributed by atoms with Gasteiger partial charge in [0.05, 0.1) is 23.3 Å². The van der Waals surface area contributed by atoms with Crippen molar-refractivity contribution in [3.8, 4) is 5.69 Å². The van der Waals surface area contributed by atoms with Gasteiger partial charge >= 0.3 is 0 Å². The van der Waals surface area contributed by atoms with E-state index in [2.05, 4.69) is 15.4 Å². The number of amides is 1. The molecule has 0 aliphatic heterocycles. The standard InChI is InChI=1S/C24H23FN4O3S/c1-2-33(31,32)22-11-15(9-10-26-22)13-27-24(30)19-8-3-16-12-20(16)23-21(19)14-28-29(23)18-6-4-17(25)5-7-18/h4-11,14,16,20H,2-3,12-13H2,1H3,(H,27,30). The van der Waals surface area contributed by atoms with E-state index in [0.717, 1.165) is 29.8 Å². The van der Waals surface area contributed by atoms with Crippen molar-refractivity contribution in [3.05, 3.63) is 77.5 Å². The quantitative estimate of drug-likeness (QED) is 0.601. The number of allylic oxidation sites excluding steroid dienone is 1. The van der Waals surface area contributed by atoms with Gasteiger partial charge in [-0.2, -0.15) is 5.10 Å².